The van der Waals surface area contributed by atoms with Crippen LogP contribution in [0.3, 0.4) is 0 Å². The highest BCUT2D eigenvalue weighted by Gasteiger charge is 2.11. The maximum atomic E-state index is 11.7. The van der Waals surface area contributed by atoms with Crippen LogP contribution >= 0.6 is 0 Å². The van der Waals surface area contributed by atoms with Gasteiger partial charge in [-0.25, -0.2) is 0 Å². The fourth-order valence-corrected chi connectivity index (χ4v) is 1.31. The number of hydrogen-bond donors (Lipinski definition) is 1. The summed E-state index contributed by atoms with van der Waals surface area (Å²) in [6.07, 6.45) is 3.47. The fourth-order valence-electron chi connectivity index (χ4n) is 1.31. The number of nitrogens with zero attached hydrogens (tertiary/aromatic N) is 1. The van der Waals surface area contributed by atoms with Gasteiger partial charge in [-0.05, 0) is 26.7 Å². The van der Waals surface area contributed by atoms with E-state index in [2.05, 4.69) is 0 Å². The number of allylic oxidation sites excluding steroid dienone is 1. The minimum atomic E-state index is 0.0859. The second kappa shape index (κ2) is 7.56. The zero-order valence-electron chi connectivity index (χ0n) is 9.42. The van der Waals surface area contributed by atoms with E-state index in [0.29, 0.717) is 19.5 Å². The molecule has 0 atom stereocenters. The molecule has 0 aliphatic carbocycles. The average Bonchev–Trinajstić information content (AvgIpc) is 2.19. The van der Waals surface area contributed by atoms with Crippen molar-refractivity contribution < 1.29 is 9.90 Å². The molecule has 0 heterocycles. The molecule has 0 saturated carbocycles. The highest BCUT2D eigenvalue weighted by Crippen LogP contribution is 2.03. The van der Waals surface area contributed by atoms with Crippen LogP contribution in [0.1, 0.15) is 33.6 Å². The van der Waals surface area contributed by atoms with Crippen molar-refractivity contribution in [1.29, 1.82) is 0 Å². The Kier molecular flexibility index (Phi) is 7.11. The van der Waals surface area contributed by atoms with Gasteiger partial charge in [-0.15, -0.1) is 0 Å². The summed E-state index contributed by atoms with van der Waals surface area (Å²) >= 11 is 0. The molecule has 0 aromatic rings. The van der Waals surface area contributed by atoms with Crippen LogP contribution in [0.15, 0.2) is 11.6 Å². The van der Waals surface area contributed by atoms with Gasteiger partial charge >= 0.3 is 0 Å². The smallest absolute Gasteiger partial charge is 0.249 e. The summed E-state index contributed by atoms with van der Waals surface area (Å²) in [6, 6.07) is 0. The third kappa shape index (κ3) is 4.42. The molecule has 14 heavy (non-hydrogen) atoms. The van der Waals surface area contributed by atoms with Crippen molar-refractivity contribution in [3.05, 3.63) is 11.6 Å². The summed E-state index contributed by atoms with van der Waals surface area (Å²) in [4.78, 5) is 13.5. The number of hydrogen-bond acceptors (Lipinski definition) is 2. The molecule has 0 saturated heterocycles. The van der Waals surface area contributed by atoms with E-state index < -0.39 is 0 Å². The highest BCUT2D eigenvalue weighted by molar-refractivity contribution is 5.92. The number of aliphatic hydroxyl groups excluding tert-OH is 1. The molecule has 0 aromatic carbocycles. The molecule has 0 aromatic heterocycles. The van der Waals surface area contributed by atoms with Crippen molar-refractivity contribution >= 4 is 5.91 Å². The van der Waals surface area contributed by atoms with Gasteiger partial charge in [-0.1, -0.05) is 13.0 Å². The summed E-state index contributed by atoms with van der Waals surface area (Å²) in [6.45, 7) is 7.29. The first-order chi connectivity index (χ1) is 6.67. The van der Waals surface area contributed by atoms with Gasteiger partial charge in [0.2, 0.25) is 5.91 Å². The molecule has 82 valence electrons. The largest absolute Gasteiger partial charge is 0.396 e. The fraction of sp³-hybridized carbons (Fsp3) is 0.727. The minimum absolute atomic E-state index is 0.0859. The number of amides is 1. The standard InChI is InChI=1S/C11H21NO2/c1-4-7-10(3)11(14)12(5-2)8-6-9-13/h7,13H,4-6,8-9H2,1-3H3/b10-7-. The molecule has 3 nitrogen and oxygen atoms in total. The number of rotatable bonds is 6. The molecule has 0 rings (SSSR count). The van der Waals surface area contributed by atoms with E-state index in [1.165, 1.54) is 0 Å². The van der Waals surface area contributed by atoms with E-state index in [9.17, 15) is 4.79 Å². The quantitative estimate of drug-likeness (QED) is 0.660. The zero-order valence-corrected chi connectivity index (χ0v) is 9.42. The van der Waals surface area contributed by atoms with Gasteiger partial charge in [0.1, 0.15) is 0 Å². The average molecular weight is 199 g/mol. The maximum absolute atomic E-state index is 11.7. The molecule has 0 unspecified atom stereocenters. The van der Waals surface area contributed by atoms with Crippen molar-refractivity contribution in [3.8, 4) is 0 Å². The van der Waals surface area contributed by atoms with Gasteiger partial charge in [-0.3, -0.25) is 4.79 Å². The molecule has 0 fully saturated rings. The van der Waals surface area contributed by atoms with Crippen LogP contribution in [0.25, 0.3) is 0 Å². The highest BCUT2D eigenvalue weighted by atomic mass is 16.3. The van der Waals surface area contributed by atoms with Crippen LogP contribution in [-0.4, -0.2) is 35.6 Å². The molecular formula is C11H21NO2. The molecule has 3 heteroatoms. The predicted octanol–water partition coefficient (Wildman–Crippen LogP) is 1.57. The molecule has 1 amide bonds. The molecule has 0 aliphatic rings. The van der Waals surface area contributed by atoms with E-state index in [4.69, 9.17) is 5.11 Å². The van der Waals surface area contributed by atoms with E-state index in [1.807, 2.05) is 26.8 Å². The monoisotopic (exact) mass is 199 g/mol. The van der Waals surface area contributed by atoms with Crippen molar-refractivity contribution in [1.82, 2.24) is 4.90 Å². The lowest BCUT2D eigenvalue weighted by Gasteiger charge is -2.20. The van der Waals surface area contributed by atoms with E-state index >= 15 is 0 Å². The first-order valence-electron chi connectivity index (χ1n) is 5.24. The van der Waals surface area contributed by atoms with Crippen molar-refractivity contribution in [2.75, 3.05) is 19.7 Å². The van der Waals surface area contributed by atoms with Gasteiger partial charge in [0.25, 0.3) is 0 Å². The van der Waals surface area contributed by atoms with Crippen LogP contribution in [0.2, 0.25) is 0 Å². The molecule has 0 radical (unpaired) electrons. The normalized spacial score (nSPS) is 11.6. The Balaban J connectivity index is 4.23. The van der Waals surface area contributed by atoms with Gasteiger partial charge in [0.05, 0.1) is 0 Å². The lowest BCUT2D eigenvalue weighted by Crippen LogP contribution is -2.32. The summed E-state index contributed by atoms with van der Waals surface area (Å²) < 4.78 is 0. The van der Waals surface area contributed by atoms with Crippen LogP contribution in [0.5, 0.6) is 0 Å². The van der Waals surface area contributed by atoms with E-state index in [-0.39, 0.29) is 12.5 Å². The minimum Gasteiger partial charge on any atom is -0.396 e. The van der Waals surface area contributed by atoms with Crippen LogP contribution in [-0.2, 0) is 4.79 Å². The van der Waals surface area contributed by atoms with Crippen molar-refractivity contribution in [2.45, 2.75) is 33.6 Å². The molecule has 0 bridgehead atoms. The summed E-state index contributed by atoms with van der Waals surface area (Å²) in [7, 11) is 0. The van der Waals surface area contributed by atoms with Gasteiger partial charge in [-0.2, -0.15) is 0 Å². The third-order valence-corrected chi connectivity index (χ3v) is 2.10. The Hall–Kier alpha value is -0.830. The second-order valence-electron chi connectivity index (χ2n) is 3.26. The van der Waals surface area contributed by atoms with Gasteiger partial charge in [0.15, 0.2) is 0 Å². The number of aliphatic hydroxyl groups is 1. The second-order valence-corrected chi connectivity index (χ2v) is 3.26. The number of carbonyl (C=O) groups excluding carboxylic acids is 1. The van der Waals surface area contributed by atoms with Crippen LogP contribution < -0.4 is 0 Å². The Labute approximate surface area is 86.4 Å². The Bertz CT molecular complexity index is 199. The topological polar surface area (TPSA) is 40.5 Å². The molecular weight excluding hydrogens is 178 g/mol. The number of likely N-dealkylation sites (N-methyl/N-ethyl adjacent to an activating group) is 1. The van der Waals surface area contributed by atoms with E-state index in [1.54, 1.807) is 4.90 Å². The lowest BCUT2D eigenvalue weighted by atomic mass is 10.2. The lowest BCUT2D eigenvalue weighted by molar-refractivity contribution is -0.127. The Morgan fingerprint density at radius 3 is 2.50 bits per heavy atom. The Morgan fingerprint density at radius 2 is 2.07 bits per heavy atom. The summed E-state index contributed by atoms with van der Waals surface area (Å²) in [5.41, 5.74) is 0.798. The molecule has 0 spiro atoms. The maximum Gasteiger partial charge on any atom is 0.249 e. The Morgan fingerprint density at radius 1 is 1.43 bits per heavy atom. The molecule has 1 N–H and O–H groups in total. The van der Waals surface area contributed by atoms with Crippen molar-refractivity contribution in [2.24, 2.45) is 0 Å². The van der Waals surface area contributed by atoms with Crippen molar-refractivity contribution in [3.63, 3.8) is 0 Å². The third-order valence-electron chi connectivity index (χ3n) is 2.10. The van der Waals surface area contributed by atoms with Gasteiger partial charge < -0.3 is 10.0 Å². The first kappa shape index (κ1) is 13.2. The molecule has 0 aliphatic heterocycles. The zero-order chi connectivity index (χ0) is 11.0. The first-order valence-corrected chi connectivity index (χ1v) is 5.24. The van der Waals surface area contributed by atoms with E-state index in [0.717, 1.165) is 12.0 Å². The summed E-state index contributed by atoms with van der Waals surface area (Å²) in [5, 5.41) is 8.68. The SMILES string of the molecule is CC/C=C(/C)C(=O)N(CC)CCCO. The van der Waals surface area contributed by atoms with Crippen LogP contribution in [0.4, 0.5) is 0 Å². The van der Waals surface area contributed by atoms with Crippen LogP contribution in [0, 0.1) is 0 Å². The van der Waals surface area contributed by atoms with Gasteiger partial charge in [0, 0.05) is 25.3 Å². The summed E-state index contributed by atoms with van der Waals surface area (Å²) in [5.74, 6) is 0.0859. The predicted molar refractivity (Wildman–Crippen MR) is 58.0 cm³/mol. The number of carbonyl (C=O) groups is 1.